The molecule has 1 amide bonds. The van der Waals surface area contributed by atoms with Crippen molar-refractivity contribution >= 4 is 52.2 Å². The second-order valence-electron chi connectivity index (χ2n) is 7.74. The van der Waals surface area contributed by atoms with Crippen molar-refractivity contribution in [1.82, 2.24) is 4.90 Å². The van der Waals surface area contributed by atoms with Gasteiger partial charge in [-0.3, -0.25) is 18.7 Å². The Bertz CT molecular complexity index is 795. The van der Waals surface area contributed by atoms with E-state index in [0.29, 0.717) is 35.0 Å². The van der Waals surface area contributed by atoms with Crippen LogP contribution in [0, 0.1) is 11.8 Å². The Morgan fingerprint density at radius 3 is 2.57 bits per heavy atom. The fourth-order valence-corrected chi connectivity index (χ4v) is 9.57. The Kier molecular flexibility index (Phi) is 7.26. The van der Waals surface area contributed by atoms with E-state index in [9.17, 15) is 28.8 Å². The van der Waals surface area contributed by atoms with Gasteiger partial charge in [0.05, 0.1) is 16.3 Å². The van der Waals surface area contributed by atoms with Gasteiger partial charge < -0.3 is 14.9 Å². The highest BCUT2D eigenvalue weighted by Gasteiger charge is 2.69. The molecule has 0 aromatic heterocycles. The highest BCUT2D eigenvalue weighted by Crippen LogP contribution is 2.62. The zero-order valence-corrected chi connectivity index (χ0v) is 19.6. The molecule has 0 bridgehead atoms. The van der Waals surface area contributed by atoms with Crippen LogP contribution in [-0.4, -0.2) is 71.5 Å². The Labute approximate surface area is 186 Å². The molecular weight excluding hydrogens is 450 g/mol. The summed E-state index contributed by atoms with van der Waals surface area (Å²) in [6, 6.07) is 0. The number of nitrogens with zero attached hydrogens (tertiary/aromatic N) is 1. The number of thioether (sulfide) groups is 2. The first-order valence-corrected chi connectivity index (χ1v) is 13.2. The van der Waals surface area contributed by atoms with Crippen molar-refractivity contribution in [3.8, 4) is 0 Å². The van der Waals surface area contributed by atoms with Gasteiger partial charge in [-0.25, -0.2) is 4.79 Å². The number of aliphatic hydroxyl groups excluding tert-OH is 1. The molecule has 3 rings (SSSR count). The maximum Gasteiger partial charge on any atom is 0.354 e. The van der Waals surface area contributed by atoms with Crippen molar-refractivity contribution in [1.29, 1.82) is 0 Å². The number of hydrogen-bond donors (Lipinski definition) is 2. The molecule has 2 N–H and O–H groups in total. The summed E-state index contributed by atoms with van der Waals surface area (Å²) >= 11 is 2.49. The van der Waals surface area contributed by atoms with E-state index >= 15 is 0 Å². The summed E-state index contributed by atoms with van der Waals surface area (Å²) in [6.45, 7) is 5.07. The molecule has 0 aliphatic carbocycles. The van der Waals surface area contributed by atoms with Crippen LogP contribution in [0.3, 0.4) is 0 Å². The standard InChI is InChI=1S/C19H27NO7S3/c1-4-11(5-2)17(25)27-9-19-13(10(3)21)15(22)20(19)14(16(23)24)18(29-19)28-12-6-7-30(26)8-12/h10-13,21H,4-9H2,1-3H3,(H,23,24)/t10-,12+,13+,19+,30-/m1/s1. The molecule has 11 heteroatoms. The van der Waals surface area contributed by atoms with Crippen LogP contribution in [0.1, 0.15) is 40.0 Å². The Hall–Kier alpha value is -1.04. The van der Waals surface area contributed by atoms with Crippen LogP contribution < -0.4 is 0 Å². The molecule has 0 saturated carbocycles. The number of aliphatic carboxylic acids is 1. The quantitative estimate of drug-likeness (QED) is 0.378. The summed E-state index contributed by atoms with van der Waals surface area (Å²) in [7, 11) is -0.916. The predicted molar refractivity (Wildman–Crippen MR) is 116 cm³/mol. The lowest BCUT2D eigenvalue weighted by Crippen LogP contribution is -2.72. The van der Waals surface area contributed by atoms with Crippen LogP contribution in [0.5, 0.6) is 0 Å². The topological polar surface area (TPSA) is 121 Å². The first kappa shape index (κ1) is 23.6. The normalized spacial score (nSPS) is 31.7. The summed E-state index contributed by atoms with van der Waals surface area (Å²) in [6.07, 6.45) is 0.928. The number of rotatable bonds is 9. The number of aliphatic hydroxyl groups is 1. The van der Waals surface area contributed by atoms with Crippen LogP contribution in [0.2, 0.25) is 0 Å². The minimum atomic E-state index is -1.24. The van der Waals surface area contributed by atoms with Crippen LogP contribution in [0.25, 0.3) is 0 Å². The number of esters is 1. The first-order chi connectivity index (χ1) is 14.2. The number of carboxylic acids is 1. The van der Waals surface area contributed by atoms with E-state index in [2.05, 4.69) is 0 Å². The van der Waals surface area contributed by atoms with E-state index in [0.717, 1.165) is 0 Å². The van der Waals surface area contributed by atoms with Gasteiger partial charge >= 0.3 is 11.9 Å². The van der Waals surface area contributed by atoms with Crippen molar-refractivity contribution in [3.63, 3.8) is 0 Å². The van der Waals surface area contributed by atoms with Crippen molar-refractivity contribution in [2.24, 2.45) is 11.8 Å². The lowest BCUT2D eigenvalue weighted by Gasteiger charge is -2.53. The molecule has 0 aromatic rings. The summed E-state index contributed by atoms with van der Waals surface area (Å²) < 4.78 is 17.7. The van der Waals surface area contributed by atoms with Crippen molar-refractivity contribution < 1.29 is 33.5 Å². The number of amides is 1. The largest absolute Gasteiger partial charge is 0.477 e. The number of hydrogen-bond acceptors (Lipinski definition) is 8. The number of β-lactam (4-membered cyclic amide) rings is 1. The fourth-order valence-electron chi connectivity index (χ4n) is 4.13. The number of carboxylic acid groups (broad SMARTS) is 1. The monoisotopic (exact) mass is 477 g/mol. The SMILES string of the molecule is CCC(CC)C(=O)OC[C@@]12SC(S[C@H]3CC[S@@](=O)C3)=C(C(=O)O)N1C(=O)[C@@H]2[C@@H](C)O. The van der Waals surface area contributed by atoms with Gasteiger partial charge in [-0.05, 0) is 26.2 Å². The van der Waals surface area contributed by atoms with Gasteiger partial charge in [-0.2, -0.15) is 0 Å². The van der Waals surface area contributed by atoms with E-state index in [1.54, 1.807) is 0 Å². The molecule has 3 aliphatic rings. The number of ether oxygens (including phenoxy) is 1. The van der Waals surface area contributed by atoms with Gasteiger partial charge in [0.1, 0.15) is 17.4 Å². The van der Waals surface area contributed by atoms with E-state index in [-0.39, 0.29) is 29.4 Å². The fraction of sp³-hybridized carbons (Fsp3) is 0.737. The maximum atomic E-state index is 12.8. The lowest BCUT2D eigenvalue weighted by atomic mass is 9.82. The molecule has 2 saturated heterocycles. The van der Waals surface area contributed by atoms with Crippen LogP contribution in [0.4, 0.5) is 0 Å². The zero-order valence-electron chi connectivity index (χ0n) is 17.2. The third-order valence-electron chi connectivity index (χ3n) is 5.78. The Balaban J connectivity index is 1.87. The van der Waals surface area contributed by atoms with E-state index < -0.39 is 39.6 Å². The molecule has 0 aromatic carbocycles. The summed E-state index contributed by atoms with van der Waals surface area (Å²) in [5.41, 5.74) is -0.136. The molecule has 3 heterocycles. The second kappa shape index (κ2) is 9.22. The highest BCUT2D eigenvalue weighted by molar-refractivity contribution is 8.23. The first-order valence-electron chi connectivity index (χ1n) is 10.0. The third-order valence-corrected chi connectivity index (χ3v) is 10.4. The summed E-state index contributed by atoms with van der Waals surface area (Å²) in [4.78, 5) is 37.3. The van der Waals surface area contributed by atoms with E-state index in [4.69, 9.17) is 4.74 Å². The average Bonchev–Trinajstić information content (AvgIpc) is 3.19. The van der Waals surface area contributed by atoms with Crippen molar-refractivity contribution in [2.75, 3.05) is 18.1 Å². The van der Waals surface area contributed by atoms with Crippen LogP contribution in [0.15, 0.2) is 9.93 Å². The maximum absolute atomic E-state index is 12.8. The van der Waals surface area contributed by atoms with E-state index in [1.807, 2.05) is 13.8 Å². The molecule has 3 aliphatic heterocycles. The number of fused-ring (bicyclic) bond motifs is 1. The zero-order chi connectivity index (χ0) is 22.2. The summed E-state index contributed by atoms with van der Waals surface area (Å²) in [5, 5.41) is 20.1. The molecule has 8 nitrogen and oxygen atoms in total. The number of carbonyl (C=O) groups excluding carboxylic acids is 2. The molecule has 0 unspecified atom stereocenters. The molecule has 0 spiro atoms. The van der Waals surface area contributed by atoms with Gasteiger partial charge in [0, 0.05) is 27.6 Å². The van der Waals surface area contributed by atoms with Gasteiger partial charge in [0.25, 0.3) is 0 Å². The Morgan fingerprint density at radius 1 is 1.40 bits per heavy atom. The summed E-state index contributed by atoms with van der Waals surface area (Å²) in [5.74, 6) is -2.20. The highest BCUT2D eigenvalue weighted by atomic mass is 32.2. The number of carbonyl (C=O) groups is 3. The van der Waals surface area contributed by atoms with Gasteiger partial charge in [-0.15, -0.1) is 11.8 Å². The Morgan fingerprint density at radius 2 is 2.07 bits per heavy atom. The lowest BCUT2D eigenvalue weighted by molar-refractivity contribution is -0.176. The van der Waals surface area contributed by atoms with E-state index in [1.165, 1.54) is 35.3 Å². The predicted octanol–water partition coefficient (Wildman–Crippen LogP) is 1.76. The molecular formula is C19H27NO7S3. The van der Waals surface area contributed by atoms with Crippen molar-refractivity contribution in [2.45, 2.75) is 56.3 Å². The van der Waals surface area contributed by atoms with Crippen molar-refractivity contribution in [3.05, 3.63) is 9.93 Å². The molecule has 5 atom stereocenters. The van der Waals surface area contributed by atoms with Gasteiger partial charge in [0.2, 0.25) is 5.91 Å². The van der Waals surface area contributed by atoms with Gasteiger partial charge in [-0.1, -0.05) is 25.6 Å². The molecule has 2 fully saturated rings. The van der Waals surface area contributed by atoms with Crippen LogP contribution in [-0.2, 0) is 29.9 Å². The minimum absolute atomic E-state index is 0.00523. The molecule has 30 heavy (non-hydrogen) atoms. The third kappa shape index (κ3) is 4.05. The average molecular weight is 478 g/mol. The second-order valence-corrected chi connectivity index (χ2v) is 12.2. The minimum Gasteiger partial charge on any atom is -0.477 e. The molecule has 168 valence electrons. The van der Waals surface area contributed by atoms with Crippen LogP contribution >= 0.6 is 23.5 Å². The van der Waals surface area contributed by atoms with Gasteiger partial charge in [0.15, 0.2) is 5.70 Å². The molecule has 0 radical (unpaired) electrons. The smallest absolute Gasteiger partial charge is 0.354 e.